The molecule has 5 heteroatoms. The van der Waals surface area contributed by atoms with E-state index in [0.29, 0.717) is 32.0 Å². The van der Waals surface area contributed by atoms with E-state index in [0.717, 1.165) is 12.8 Å². The van der Waals surface area contributed by atoms with Crippen molar-refractivity contribution < 1.29 is 14.7 Å². The largest absolute Gasteiger partial charge is 0.481 e. The van der Waals surface area contributed by atoms with Crippen LogP contribution in [0.2, 0.25) is 0 Å². The molecule has 0 aromatic carbocycles. The first-order valence-electron chi connectivity index (χ1n) is 7.12. The number of aliphatic carboxylic acids is 1. The van der Waals surface area contributed by atoms with E-state index in [9.17, 15) is 9.59 Å². The van der Waals surface area contributed by atoms with Crippen molar-refractivity contribution in [1.29, 1.82) is 0 Å². The third-order valence-electron chi connectivity index (χ3n) is 3.70. The van der Waals surface area contributed by atoms with Crippen molar-refractivity contribution in [3.63, 3.8) is 0 Å². The molecule has 0 bridgehead atoms. The molecule has 0 radical (unpaired) electrons. The number of hydrogen-bond donors (Lipinski definition) is 2. The maximum Gasteiger partial charge on any atom is 0.303 e. The highest BCUT2D eigenvalue weighted by atomic mass is 16.4. The van der Waals surface area contributed by atoms with Crippen LogP contribution >= 0.6 is 0 Å². The van der Waals surface area contributed by atoms with E-state index >= 15 is 0 Å². The molecule has 3 N–H and O–H groups in total. The normalized spacial score (nSPS) is 20.8. The van der Waals surface area contributed by atoms with Gasteiger partial charge in [-0.1, -0.05) is 13.8 Å². The average Bonchev–Trinajstić information content (AvgIpc) is 2.75. The third-order valence-corrected chi connectivity index (χ3v) is 3.70. The Morgan fingerprint density at radius 3 is 2.63 bits per heavy atom. The van der Waals surface area contributed by atoms with Gasteiger partial charge >= 0.3 is 5.97 Å². The summed E-state index contributed by atoms with van der Waals surface area (Å²) in [4.78, 5) is 24.6. The van der Waals surface area contributed by atoms with Crippen LogP contribution in [0, 0.1) is 17.8 Å². The van der Waals surface area contributed by atoms with Gasteiger partial charge < -0.3 is 15.7 Å². The molecule has 1 unspecified atom stereocenters. The fourth-order valence-corrected chi connectivity index (χ4v) is 2.78. The van der Waals surface area contributed by atoms with Crippen LogP contribution in [0.5, 0.6) is 0 Å². The fraction of sp³-hybridized carbons (Fsp3) is 0.857. The van der Waals surface area contributed by atoms with Crippen molar-refractivity contribution in [2.45, 2.75) is 39.5 Å². The number of amides is 1. The van der Waals surface area contributed by atoms with Gasteiger partial charge in [-0.15, -0.1) is 0 Å². The monoisotopic (exact) mass is 270 g/mol. The lowest BCUT2D eigenvalue weighted by Crippen LogP contribution is -2.32. The molecule has 0 saturated carbocycles. The molecule has 1 aliphatic heterocycles. The Balaban J connectivity index is 2.39. The molecule has 1 rings (SSSR count). The van der Waals surface area contributed by atoms with Gasteiger partial charge in [0.1, 0.15) is 0 Å². The van der Waals surface area contributed by atoms with Crippen molar-refractivity contribution in [2.75, 3.05) is 19.6 Å². The number of rotatable bonds is 7. The minimum atomic E-state index is -0.779. The molecule has 2 atom stereocenters. The zero-order valence-electron chi connectivity index (χ0n) is 12.0. The highest BCUT2D eigenvalue weighted by Crippen LogP contribution is 2.22. The van der Waals surface area contributed by atoms with Gasteiger partial charge in [0.15, 0.2) is 0 Å². The van der Waals surface area contributed by atoms with Crippen molar-refractivity contribution >= 4 is 11.9 Å². The predicted molar refractivity (Wildman–Crippen MR) is 73.6 cm³/mol. The molecule has 5 nitrogen and oxygen atoms in total. The van der Waals surface area contributed by atoms with Crippen molar-refractivity contribution in [3.8, 4) is 0 Å². The molecule has 1 saturated heterocycles. The van der Waals surface area contributed by atoms with E-state index < -0.39 is 5.97 Å². The van der Waals surface area contributed by atoms with Gasteiger partial charge in [-0.2, -0.15) is 0 Å². The van der Waals surface area contributed by atoms with Gasteiger partial charge in [0.2, 0.25) is 5.91 Å². The molecule has 1 fully saturated rings. The van der Waals surface area contributed by atoms with Gasteiger partial charge in [-0.3, -0.25) is 9.59 Å². The topological polar surface area (TPSA) is 83.6 Å². The van der Waals surface area contributed by atoms with Gasteiger partial charge in [0, 0.05) is 25.9 Å². The predicted octanol–water partition coefficient (Wildman–Crippen LogP) is 1.32. The number of carbonyl (C=O) groups excluding carboxylic acids is 1. The lowest BCUT2D eigenvalue weighted by Gasteiger charge is -2.21. The molecule has 0 aromatic rings. The quantitative estimate of drug-likeness (QED) is 0.731. The summed E-state index contributed by atoms with van der Waals surface area (Å²) < 4.78 is 0. The van der Waals surface area contributed by atoms with Gasteiger partial charge in [-0.05, 0) is 37.1 Å². The average molecular weight is 270 g/mol. The number of hydrogen-bond acceptors (Lipinski definition) is 3. The maximum absolute atomic E-state index is 12.2. The highest BCUT2D eigenvalue weighted by molar-refractivity contribution is 5.77. The number of nitrogens with zero attached hydrogens (tertiary/aromatic N) is 1. The molecule has 1 amide bonds. The lowest BCUT2D eigenvalue weighted by molar-refractivity contribution is -0.138. The Morgan fingerprint density at radius 2 is 2.11 bits per heavy atom. The SMILES string of the molecule is CC(C)C[C@H](CN)CC(=O)N1CCC(CC(=O)O)C1. The second-order valence-corrected chi connectivity index (χ2v) is 6.03. The molecule has 0 spiro atoms. The Labute approximate surface area is 115 Å². The summed E-state index contributed by atoms with van der Waals surface area (Å²) >= 11 is 0. The number of carboxylic acids is 1. The molecular weight excluding hydrogens is 244 g/mol. The van der Waals surface area contributed by atoms with Crippen molar-refractivity contribution in [1.82, 2.24) is 4.90 Å². The summed E-state index contributed by atoms with van der Waals surface area (Å²) in [7, 11) is 0. The van der Waals surface area contributed by atoms with Crippen LogP contribution in [0.25, 0.3) is 0 Å². The second kappa shape index (κ2) is 7.48. The Bertz CT molecular complexity index is 318. The van der Waals surface area contributed by atoms with E-state index in [2.05, 4.69) is 13.8 Å². The summed E-state index contributed by atoms with van der Waals surface area (Å²) in [6.45, 7) is 6.08. The number of carbonyl (C=O) groups is 2. The first-order chi connectivity index (χ1) is 8.92. The molecule has 1 aliphatic rings. The number of nitrogens with two attached hydrogens (primary N) is 1. The van der Waals surface area contributed by atoms with Crippen LogP contribution in [-0.2, 0) is 9.59 Å². The van der Waals surface area contributed by atoms with E-state index in [4.69, 9.17) is 10.8 Å². The third kappa shape index (κ3) is 5.59. The van der Waals surface area contributed by atoms with Gasteiger partial charge in [0.05, 0.1) is 0 Å². The minimum absolute atomic E-state index is 0.114. The first-order valence-corrected chi connectivity index (χ1v) is 7.12. The second-order valence-electron chi connectivity index (χ2n) is 6.03. The molecule has 0 aliphatic carbocycles. The first kappa shape index (κ1) is 16.0. The zero-order chi connectivity index (χ0) is 14.4. The highest BCUT2D eigenvalue weighted by Gasteiger charge is 2.28. The number of carboxylic acid groups (broad SMARTS) is 1. The van der Waals surface area contributed by atoms with E-state index in [1.807, 2.05) is 0 Å². The molecule has 110 valence electrons. The van der Waals surface area contributed by atoms with Crippen molar-refractivity contribution in [3.05, 3.63) is 0 Å². The summed E-state index contributed by atoms with van der Waals surface area (Å²) in [5.41, 5.74) is 5.71. The van der Waals surface area contributed by atoms with Crippen LogP contribution in [0.4, 0.5) is 0 Å². The summed E-state index contributed by atoms with van der Waals surface area (Å²) in [5, 5.41) is 8.76. The summed E-state index contributed by atoms with van der Waals surface area (Å²) in [5.74, 6) is 0.247. The van der Waals surface area contributed by atoms with Crippen molar-refractivity contribution in [2.24, 2.45) is 23.5 Å². The fourth-order valence-electron chi connectivity index (χ4n) is 2.78. The maximum atomic E-state index is 12.2. The van der Waals surface area contributed by atoms with Gasteiger partial charge in [-0.25, -0.2) is 0 Å². The zero-order valence-corrected chi connectivity index (χ0v) is 12.0. The van der Waals surface area contributed by atoms with E-state index in [1.54, 1.807) is 4.90 Å². The minimum Gasteiger partial charge on any atom is -0.481 e. The van der Waals surface area contributed by atoms with Crippen LogP contribution < -0.4 is 5.73 Å². The van der Waals surface area contributed by atoms with E-state index in [1.165, 1.54) is 0 Å². The number of likely N-dealkylation sites (tertiary alicyclic amines) is 1. The van der Waals surface area contributed by atoms with Crippen LogP contribution in [0.3, 0.4) is 0 Å². The van der Waals surface area contributed by atoms with E-state index in [-0.39, 0.29) is 24.2 Å². The lowest BCUT2D eigenvalue weighted by atomic mass is 9.94. The molecule has 19 heavy (non-hydrogen) atoms. The van der Waals surface area contributed by atoms with Gasteiger partial charge in [0.25, 0.3) is 0 Å². The Kier molecular flexibility index (Phi) is 6.28. The smallest absolute Gasteiger partial charge is 0.303 e. The van der Waals surface area contributed by atoms with Crippen LogP contribution in [0.1, 0.15) is 39.5 Å². The van der Waals surface area contributed by atoms with Crippen LogP contribution in [-0.4, -0.2) is 41.5 Å². The molecule has 0 aromatic heterocycles. The summed E-state index contributed by atoms with van der Waals surface area (Å²) in [6, 6.07) is 0. The van der Waals surface area contributed by atoms with Crippen LogP contribution in [0.15, 0.2) is 0 Å². The molecular formula is C14H26N2O3. The molecule has 1 heterocycles. The Morgan fingerprint density at radius 1 is 1.42 bits per heavy atom. The summed E-state index contributed by atoms with van der Waals surface area (Å²) in [6.07, 6.45) is 2.43. The standard InChI is InChI=1S/C14H26N2O3/c1-10(2)5-12(8-15)6-13(17)16-4-3-11(9-16)7-14(18)19/h10-12H,3-9,15H2,1-2H3,(H,18,19)/t11?,12-/m0/s1. The Hall–Kier alpha value is -1.10.